The van der Waals surface area contributed by atoms with Crippen molar-refractivity contribution in [3.05, 3.63) is 65.5 Å². The van der Waals surface area contributed by atoms with Gasteiger partial charge in [-0.15, -0.1) is 0 Å². The van der Waals surface area contributed by atoms with Gasteiger partial charge in [0, 0.05) is 24.3 Å². The molecule has 0 heterocycles. The Morgan fingerprint density at radius 1 is 1.14 bits per heavy atom. The summed E-state index contributed by atoms with van der Waals surface area (Å²) in [6.45, 7) is 0.968. The summed E-state index contributed by atoms with van der Waals surface area (Å²) < 4.78 is 19.3. The van der Waals surface area contributed by atoms with Crippen LogP contribution in [-0.2, 0) is 11.3 Å². The van der Waals surface area contributed by atoms with Gasteiger partial charge in [-0.3, -0.25) is 4.79 Å². The number of phenols is 1. The van der Waals surface area contributed by atoms with E-state index in [2.05, 4.69) is 5.32 Å². The van der Waals surface area contributed by atoms with Gasteiger partial charge in [0.05, 0.1) is 12.2 Å². The van der Waals surface area contributed by atoms with E-state index < -0.39 is 5.60 Å². The average molecular weight is 411 g/mol. The molecule has 1 amide bonds. The van der Waals surface area contributed by atoms with Crippen LogP contribution in [0.4, 0.5) is 4.39 Å². The van der Waals surface area contributed by atoms with E-state index >= 15 is 0 Å². The number of halogens is 1. The normalized spacial score (nSPS) is 21.2. The van der Waals surface area contributed by atoms with Crippen molar-refractivity contribution in [2.75, 3.05) is 13.2 Å². The van der Waals surface area contributed by atoms with E-state index in [0.717, 1.165) is 12.8 Å². The van der Waals surface area contributed by atoms with Crippen LogP contribution in [-0.4, -0.2) is 64.4 Å². The second-order valence-corrected chi connectivity index (χ2v) is 7.50. The molecule has 152 valence electrons. The molecule has 1 saturated carbocycles. The van der Waals surface area contributed by atoms with Crippen molar-refractivity contribution < 1.29 is 24.1 Å². The molecular weight excluding hydrogens is 384 g/mol. The molecule has 1 aliphatic carbocycles. The number of rotatable bonds is 7. The number of aliphatic hydroxyl groups is 1. The third-order valence-electron chi connectivity index (χ3n) is 5.31. The molecule has 5 nitrogen and oxygen atoms in total. The SMILES string of the molecule is O=C(NC[C@]1(O)CC[C@H](COCc2ccccc2F)CC1)c1ccc(O)cc1.[NaH]. The number of phenolic OH excluding ortho intramolecular Hbond substituents is 1. The standard InChI is InChI=1S/C22H26FNO4.Na.H/c23-20-4-2-1-3-18(20)14-28-13-16-9-11-22(27,12-10-16)15-24-21(26)17-5-7-19(25)8-6-17;;/h1-8,16,25,27H,9-15H2,(H,24,26);;/t16-,22-;;. The fourth-order valence-electron chi connectivity index (χ4n) is 3.47. The molecular formula is C22H27FNNaO4. The molecule has 0 saturated heterocycles. The Bertz CT molecular complexity index is 792. The summed E-state index contributed by atoms with van der Waals surface area (Å²) in [4.78, 5) is 12.2. The third-order valence-corrected chi connectivity index (χ3v) is 5.31. The van der Waals surface area contributed by atoms with Crippen molar-refractivity contribution in [3.8, 4) is 5.75 Å². The number of ether oxygens (including phenoxy) is 1. The molecule has 0 aromatic heterocycles. The van der Waals surface area contributed by atoms with E-state index in [4.69, 9.17) is 4.74 Å². The number of amides is 1. The number of hydrogen-bond acceptors (Lipinski definition) is 4. The quantitative estimate of drug-likeness (QED) is 0.613. The topological polar surface area (TPSA) is 78.8 Å². The Hall–Kier alpha value is -1.44. The summed E-state index contributed by atoms with van der Waals surface area (Å²) in [6, 6.07) is 12.6. The number of carbonyl (C=O) groups excluding carboxylic acids is 1. The van der Waals surface area contributed by atoms with Crippen LogP contribution in [0.3, 0.4) is 0 Å². The zero-order valence-corrected chi connectivity index (χ0v) is 15.7. The van der Waals surface area contributed by atoms with Gasteiger partial charge in [-0.1, -0.05) is 18.2 Å². The van der Waals surface area contributed by atoms with Crippen LogP contribution in [0.1, 0.15) is 41.6 Å². The number of benzene rings is 2. The van der Waals surface area contributed by atoms with Crippen LogP contribution >= 0.6 is 0 Å². The van der Waals surface area contributed by atoms with E-state index in [9.17, 15) is 19.4 Å². The van der Waals surface area contributed by atoms with Crippen LogP contribution in [0.15, 0.2) is 48.5 Å². The van der Waals surface area contributed by atoms with Gasteiger partial charge in [0.1, 0.15) is 11.6 Å². The molecule has 1 aliphatic rings. The fraction of sp³-hybridized carbons (Fsp3) is 0.409. The Labute approximate surface area is 192 Å². The molecule has 29 heavy (non-hydrogen) atoms. The van der Waals surface area contributed by atoms with Gasteiger partial charge in [0.2, 0.25) is 0 Å². The third kappa shape index (κ3) is 7.08. The molecule has 3 rings (SSSR count). The Kier molecular flexibility index (Phi) is 9.11. The summed E-state index contributed by atoms with van der Waals surface area (Å²) in [5.74, 6) is -0.112. The van der Waals surface area contributed by atoms with Gasteiger partial charge in [-0.2, -0.15) is 0 Å². The van der Waals surface area contributed by atoms with Crippen LogP contribution in [0.5, 0.6) is 5.75 Å². The molecule has 0 aliphatic heterocycles. The first kappa shape index (κ1) is 23.8. The zero-order chi connectivity index (χ0) is 20.0. The van der Waals surface area contributed by atoms with Gasteiger partial charge in [-0.05, 0) is 61.9 Å². The summed E-state index contributed by atoms with van der Waals surface area (Å²) in [5.41, 5.74) is 0.0672. The van der Waals surface area contributed by atoms with Gasteiger partial charge in [0.25, 0.3) is 5.91 Å². The van der Waals surface area contributed by atoms with Crippen molar-refractivity contribution in [3.63, 3.8) is 0 Å². The molecule has 2 aromatic rings. The number of nitrogens with one attached hydrogen (secondary N) is 1. The van der Waals surface area contributed by atoms with Crippen molar-refractivity contribution in [2.24, 2.45) is 5.92 Å². The maximum atomic E-state index is 13.6. The first-order chi connectivity index (χ1) is 13.5. The number of hydrogen-bond donors (Lipinski definition) is 3. The molecule has 2 aromatic carbocycles. The average Bonchev–Trinajstić information content (AvgIpc) is 2.70. The van der Waals surface area contributed by atoms with Gasteiger partial charge in [-0.25, -0.2) is 4.39 Å². The first-order valence-corrected chi connectivity index (χ1v) is 9.56. The minimum atomic E-state index is -0.922. The summed E-state index contributed by atoms with van der Waals surface area (Å²) >= 11 is 0. The van der Waals surface area contributed by atoms with Gasteiger partial charge >= 0.3 is 29.6 Å². The molecule has 7 heteroatoms. The van der Waals surface area contributed by atoms with Gasteiger partial charge in [0.15, 0.2) is 0 Å². The van der Waals surface area contributed by atoms with Crippen LogP contribution in [0.2, 0.25) is 0 Å². The van der Waals surface area contributed by atoms with Crippen molar-refractivity contribution in [1.29, 1.82) is 0 Å². The molecule has 3 N–H and O–H groups in total. The Morgan fingerprint density at radius 2 is 1.79 bits per heavy atom. The van der Waals surface area contributed by atoms with Crippen molar-refractivity contribution in [1.82, 2.24) is 5.32 Å². The summed E-state index contributed by atoms with van der Waals surface area (Å²) in [5, 5.41) is 22.8. The van der Waals surface area contributed by atoms with Gasteiger partial charge < -0.3 is 20.3 Å². The zero-order valence-electron chi connectivity index (χ0n) is 15.7. The van der Waals surface area contributed by atoms with Crippen LogP contribution < -0.4 is 5.32 Å². The first-order valence-electron chi connectivity index (χ1n) is 9.56. The fourth-order valence-corrected chi connectivity index (χ4v) is 3.47. The maximum absolute atomic E-state index is 13.6. The van der Waals surface area contributed by atoms with E-state index in [0.29, 0.717) is 36.5 Å². The van der Waals surface area contributed by atoms with Crippen LogP contribution in [0.25, 0.3) is 0 Å². The van der Waals surface area contributed by atoms with E-state index in [1.807, 2.05) is 0 Å². The van der Waals surface area contributed by atoms with Crippen LogP contribution in [0, 0.1) is 11.7 Å². The minimum absolute atomic E-state index is 0. The number of carbonyl (C=O) groups is 1. The second kappa shape index (κ2) is 11.1. The summed E-state index contributed by atoms with van der Waals surface area (Å²) in [6.07, 6.45) is 2.75. The number of aromatic hydroxyl groups is 1. The Morgan fingerprint density at radius 3 is 2.45 bits per heavy atom. The van der Waals surface area contributed by atoms with E-state index in [-0.39, 0.29) is 60.2 Å². The summed E-state index contributed by atoms with van der Waals surface area (Å²) in [7, 11) is 0. The predicted molar refractivity (Wildman–Crippen MR) is 111 cm³/mol. The van der Waals surface area contributed by atoms with Crippen molar-refractivity contribution >= 4 is 35.5 Å². The van der Waals surface area contributed by atoms with E-state index in [1.165, 1.54) is 18.2 Å². The molecule has 0 bridgehead atoms. The van der Waals surface area contributed by atoms with E-state index in [1.54, 1.807) is 30.3 Å². The monoisotopic (exact) mass is 411 g/mol. The molecule has 0 spiro atoms. The predicted octanol–water partition coefficient (Wildman–Crippen LogP) is 2.75. The second-order valence-electron chi connectivity index (χ2n) is 7.50. The molecule has 0 atom stereocenters. The molecule has 0 radical (unpaired) electrons. The molecule has 0 unspecified atom stereocenters. The molecule has 1 fully saturated rings. The Balaban J connectivity index is 0.00000300. The van der Waals surface area contributed by atoms with Crippen molar-refractivity contribution in [2.45, 2.75) is 37.9 Å².